The minimum Gasteiger partial charge on any atom is -0.480 e. The highest BCUT2D eigenvalue weighted by Gasteiger charge is 2.25. The molecule has 6 N–H and O–H groups in total. The van der Waals surface area contributed by atoms with Crippen molar-refractivity contribution in [1.82, 2.24) is 20.8 Å². The van der Waals surface area contributed by atoms with E-state index in [1.165, 1.54) is 19.8 Å². The Bertz CT molecular complexity index is 601. The zero-order valence-corrected chi connectivity index (χ0v) is 17.9. The van der Waals surface area contributed by atoms with Gasteiger partial charge in [0, 0.05) is 0 Å². The standard InChI is InChI=1S/C13H23N5O5.C4H10.C2H2/c1-4-6(2)9(14)11-16-8(23-18-11)5-15-13(22)17-10(7(3)19)12(20)21;1-3-4-2;1-2/h6-7,9-10,19H,4-5,14H2,1-3H3,(H,20,21)(H2,15,17,22);3-4H2,1-2H3;1-2H. The van der Waals surface area contributed by atoms with Crippen molar-refractivity contribution >= 4 is 12.0 Å². The van der Waals surface area contributed by atoms with Gasteiger partial charge in [-0.2, -0.15) is 4.98 Å². The highest BCUT2D eigenvalue weighted by atomic mass is 16.5. The highest BCUT2D eigenvalue weighted by molar-refractivity contribution is 5.82. The van der Waals surface area contributed by atoms with Crippen LogP contribution in [0, 0.1) is 18.8 Å². The molecule has 0 aliphatic carbocycles. The van der Waals surface area contributed by atoms with Crippen molar-refractivity contribution in [2.75, 3.05) is 0 Å². The summed E-state index contributed by atoms with van der Waals surface area (Å²) in [7, 11) is 0. The van der Waals surface area contributed by atoms with Gasteiger partial charge in [-0.25, -0.2) is 9.59 Å². The van der Waals surface area contributed by atoms with Crippen LogP contribution in [0.4, 0.5) is 4.79 Å². The average molecular weight is 414 g/mol. The van der Waals surface area contributed by atoms with Crippen LogP contribution in [-0.4, -0.2) is 44.5 Å². The van der Waals surface area contributed by atoms with Crippen LogP contribution >= 0.6 is 0 Å². The Balaban J connectivity index is 0. The molecule has 0 spiro atoms. The number of urea groups is 1. The van der Waals surface area contributed by atoms with Crippen LogP contribution in [0.5, 0.6) is 0 Å². The van der Waals surface area contributed by atoms with Crippen molar-refractivity contribution in [3.63, 3.8) is 0 Å². The first kappa shape index (κ1) is 28.6. The predicted molar refractivity (Wildman–Crippen MR) is 110 cm³/mol. The van der Waals surface area contributed by atoms with Gasteiger partial charge in [0.2, 0.25) is 5.89 Å². The second-order valence-corrected chi connectivity index (χ2v) is 6.34. The molecule has 0 fully saturated rings. The first-order valence-corrected chi connectivity index (χ1v) is 9.54. The Morgan fingerprint density at radius 1 is 1.21 bits per heavy atom. The van der Waals surface area contributed by atoms with Crippen molar-refractivity contribution in [1.29, 1.82) is 0 Å². The van der Waals surface area contributed by atoms with E-state index in [1.807, 2.05) is 13.8 Å². The number of carbonyl (C=O) groups is 2. The first-order valence-electron chi connectivity index (χ1n) is 9.54. The maximum Gasteiger partial charge on any atom is 0.328 e. The van der Waals surface area contributed by atoms with Crippen LogP contribution in [0.25, 0.3) is 0 Å². The molecule has 1 rings (SSSR count). The number of aliphatic carboxylic acids is 1. The van der Waals surface area contributed by atoms with Gasteiger partial charge in [-0.3, -0.25) is 0 Å². The van der Waals surface area contributed by atoms with Gasteiger partial charge in [-0.1, -0.05) is 52.1 Å². The second-order valence-electron chi connectivity index (χ2n) is 6.34. The smallest absolute Gasteiger partial charge is 0.328 e. The lowest BCUT2D eigenvalue weighted by atomic mass is 10.00. The monoisotopic (exact) mass is 413 g/mol. The van der Waals surface area contributed by atoms with Gasteiger partial charge in [-0.05, 0) is 12.8 Å². The fourth-order valence-electron chi connectivity index (χ4n) is 1.72. The number of nitrogens with zero attached hydrogens (tertiary/aromatic N) is 2. The maximum atomic E-state index is 11.6. The van der Waals surface area contributed by atoms with Gasteiger partial charge in [0.1, 0.15) is 0 Å². The predicted octanol–water partition coefficient (Wildman–Crippen LogP) is 1.80. The summed E-state index contributed by atoms with van der Waals surface area (Å²) in [6, 6.07) is -2.55. The molecule has 0 bridgehead atoms. The van der Waals surface area contributed by atoms with Crippen LogP contribution in [0.1, 0.15) is 71.6 Å². The Labute approximate surface area is 172 Å². The Morgan fingerprint density at radius 3 is 2.17 bits per heavy atom. The van der Waals surface area contributed by atoms with Crippen molar-refractivity contribution in [3.8, 4) is 12.8 Å². The summed E-state index contributed by atoms with van der Waals surface area (Å²) >= 11 is 0. The van der Waals surface area contributed by atoms with Gasteiger partial charge in [0.25, 0.3) is 0 Å². The lowest BCUT2D eigenvalue weighted by Crippen LogP contribution is -2.51. The van der Waals surface area contributed by atoms with Gasteiger partial charge < -0.3 is 31.1 Å². The van der Waals surface area contributed by atoms with E-state index in [1.54, 1.807) is 0 Å². The van der Waals surface area contributed by atoms with Crippen molar-refractivity contribution in [2.24, 2.45) is 11.7 Å². The number of carboxylic acid groups (broad SMARTS) is 1. The van der Waals surface area contributed by atoms with Crippen LogP contribution in [0.3, 0.4) is 0 Å². The van der Waals surface area contributed by atoms with E-state index in [9.17, 15) is 14.7 Å². The van der Waals surface area contributed by atoms with Crippen LogP contribution in [-0.2, 0) is 11.3 Å². The fraction of sp³-hybridized carbons (Fsp3) is 0.684. The third kappa shape index (κ3) is 11.7. The van der Waals surface area contributed by atoms with E-state index in [0.29, 0.717) is 5.82 Å². The molecule has 0 radical (unpaired) electrons. The number of aromatic nitrogens is 2. The molecule has 10 nitrogen and oxygen atoms in total. The van der Waals surface area contributed by atoms with Crippen LogP contribution < -0.4 is 16.4 Å². The highest BCUT2D eigenvalue weighted by Crippen LogP contribution is 2.18. The van der Waals surface area contributed by atoms with Crippen molar-refractivity contribution in [2.45, 2.75) is 78.6 Å². The largest absolute Gasteiger partial charge is 0.480 e. The minimum absolute atomic E-state index is 0.0851. The number of hydrogen-bond acceptors (Lipinski definition) is 7. The fourth-order valence-corrected chi connectivity index (χ4v) is 1.72. The number of nitrogens with one attached hydrogen (secondary N) is 2. The number of hydrogen-bond donors (Lipinski definition) is 5. The molecule has 0 aromatic carbocycles. The van der Waals surface area contributed by atoms with Crippen molar-refractivity contribution in [3.05, 3.63) is 11.7 Å². The number of rotatable bonds is 9. The molecular formula is C19H35N5O5. The molecule has 10 heteroatoms. The normalized spacial score (nSPS) is 14.0. The van der Waals surface area contributed by atoms with E-state index in [4.69, 9.17) is 15.4 Å². The Hall–Kier alpha value is -2.64. The summed E-state index contributed by atoms with van der Waals surface area (Å²) in [6.07, 6.45) is 10.3. The zero-order valence-electron chi connectivity index (χ0n) is 17.9. The molecule has 1 aromatic rings. The number of amides is 2. The summed E-state index contributed by atoms with van der Waals surface area (Å²) in [5.74, 6) is -0.657. The molecule has 1 aromatic heterocycles. The molecule has 0 aliphatic heterocycles. The molecule has 0 aliphatic rings. The Morgan fingerprint density at radius 2 is 1.76 bits per heavy atom. The SMILES string of the molecule is C#C.CCC(C)C(N)c1noc(CNC(=O)NC(C(=O)O)C(C)O)n1.CCCC. The molecule has 1 heterocycles. The zero-order chi connectivity index (χ0) is 23.0. The molecule has 166 valence electrons. The van der Waals surface area contributed by atoms with Crippen LogP contribution in [0.2, 0.25) is 0 Å². The number of unbranched alkanes of at least 4 members (excludes halogenated alkanes) is 1. The summed E-state index contributed by atoms with van der Waals surface area (Å²) in [5.41, 5.74) is 5.97. The van der Waals surface area contributed by atoms with Crippen LogP contribution in [0.15, 0.2) is 4.52 Å². The number of aliphatic hydroxyl groups is 1. The number of aliphatic hydroxyl groups excluding tert-OH is 1. The molecule has 4 unspecified atom stereocenters. The van der Waals surface area contributed by atoms with E-state index >= 15 is 0 Å². The second kappa shape index (κ2) is 16.3. The van der Waals surface area contributed by atoms with E-state index in [2.05, 4.69) is 47.5 Å². The molecule has 0 saturated carbocycles. The maximum absolute atomic E-state index is 11.6. The summed E-state index contributed by atoms with van der Waals surface area (Å²) in [4.78, 5) is 26.6. The third-order valence-corrected chi connectivity index (χ3v) is 3.97. The molecule has 2 amide bonds. The van der Waals surface area contributed by atoms with E-state index in [0.717, 1.165) is 6.42 Å². The van der Waals surface area contributed by atoms with E-state index < -0.39 is 24.1 Å². The molecule has 4 atom stereocenters. The van der Waals surface area contributed by atoms with Gasteiger partial charge in [0.15, 0.2) is 11.9 Å². The first-order chi connectivity index (χ1) is 13.7. The van der Waals surface area contributed by atoms with E-state index in [-0.39, 0.29) is 24.4 Å². The summed E-state index contributed by atoms with van der Waals surface area (Å²) < 4.78 is 4.98. The average Bonchev–Trinajstić information content (AvgIpc) is 3.19. The molecule has 29 heavy (non-hydrogen) atoms. The summed E-state index contributed by atoms with van der Waals surface area (Å²) in [6.45, 7) is 9.50. The third-order valence-electron chi connectivity index (χ3n) is 3.97. The number of nitrogens with two attached hydrogens (primary N) is 1. The quantitative estimate of drug-likeness (QED) is 0.382. The number of carboxylic acids is 1. The molecular weight excluding hydrogens is 378 g/mol. The lowest BCUT2D eigenvalue weighted by molar-refractivity contribution is -0.141. The minimum atomic E-state index is -1.41. The van der Waals surface area contributed by atoms with Gasteiger partial charge in [0.05, 0.1) is 18.7 Å². The number of carbonyl (C=O) groups excluding carboxylic acids is 1. The van der Waals surface area contributed by atoms with Gasteiger partial charge in [-0.15, -0.1) is 12.8 Å². The number of terminal acetylenes is 1. The summed E-state index contributed by atoms with van der Waals surface area (Å²) in [5, 5.41) is 26.4. The lowest BCUT2D eigenvalue weighted by Gasteiger charge is -2.16. The van der Waals surface area contributed by atoms with Gasteiger partial charge >= 0.3 is 12.0 Å². The Kier molecular flexibility index (Phi) is 16.1. The molecule has 0 saturated heterocycles. The van der Waals surface area contributed by atoms with Crippen molar-refractivity contribution < 1.29 is 24.3 Å². The topological polar surface area (TPSA) is 164 Å².